The first-order chi connectivity index (χ1) is 14.4. The van der Waals surface area contributed by atoms with Crippen LogP contribution in [0.3, 0.4) is 0 Å². The fraction of sp³-hybridized carbons (Fsp3) is 0.300. The number of benzene rings is 1. The molecule has 0 N–H and O–H groups in total. The van der Waals surface area contributed by atoms with Gasteiger partial charge in [0.25, 0.3) is 0 Å². The normalized spacial score (nSPS) is 13.1. The van der Waals surface area contributed by atoms with Gasteiger partial charge in [0.05, 0.1) is 34.9 Å². The second-order valence-electron chi connectivity index (χ2n) is 7.69. The highest BCUT2D eigenvalue weighted by atomic mass is 19.4. The summed E-state index contributed by atoms with van der Waals surface area (Å²) in [6.07, 6.45) is -1.59. The van der Waals surface area contributed by atoms with Gasteiger partial charge in [-0.2, -0.15) is 37.4 Å². The molecule has 0 spiro atoms. The Morgan fingerprint density at radius 3 is 2.45 bits per heavy atom. The van der Waals surface area contributed by atoms with Crippen molar-refractivity contribution in [2.24, 2.45) is 0 Å². The van der Waals surface area contributed by atoms with Crippen molar-refractivity contribution in [2.45, 2.75) is 37.9 Å². The summed E-state index contributed by atoms with van der Waals surface area (Å²) in [4.78, 5) is 4.15. The highest BCUT2D eigenvalue weighted by Crippen LogP contribution is 2.37. The molecule has 0 radical (unpaired) electrons. The number of alkyl halides is 5. The number of rotatable bonds is 4. The van der Waals surface area contributed by atoms with Crippen LogP contribution in [0.25, 0.3) is 27.6 Å². The Morgan fingerprint density at radius 1 is 1.03 bits per heavy atom. The summed E-state index contributed by atoms with van der Waals surface area (Å²) in [6, 6.07) is 9.18. The Morgan fingerprint density at radius 2 is 1.77 bits per heavy atom. The summed E-state index contributed by atoms with van der Waals surface area (Å²) < 4.78 is 66.3. The third-order valence-corrected chi connectivity index (χ3v) is 5.02. The topological polar surface area (TPSA) is 72.3 Å². The lowest BCUT2D eigenvalue weighted by molar-refractivity contribution is -0.287. The predicted octanol–water partition coefficient (Wildman–Crippen LogP) is 4.77. The molecule has 31 heavy (non-hydrogen) atoms. The van der Waals surface area contributed by atoms with Gasteiger partial charge in [0.1, 0.15) is 6.54 Å². The Bertz CT molecular complexity index is 1330. The van der Waals surface area contributed by atoms with Crippen molar-refractivity contribution in [1.29, 1.82) is 5.26 Å². The van der Waals surface area contributed by atoms with Crippen LogP contribution in [0.5, 0.6) is 0 Å². The van der Waals surface area contributed by atoms with E-state index in [4.69, 9.17) is 0 Å². The first kappa shape index (κ1) is 20.7. The summed E-state index contributed by atoms with van der Waals surface area (Å²) >= 11 is 0. The quantitative estimate of drug-likeness (QED) is 0.434. The second-order valence-corrected chi connectivity index (χ2v) is 7.69. The van der Waals surface area contributed by atoms with Gasteiger partial charge in [0.15, 0.2) is 5.82 Å². The summed E-state index contributed by atoms with van der Waals surface area (Å²) in [6.45, 7) is 1.95. The minimum absolute atomic E-state index is 0.0439. The number of hydrogen-bond acceptors (Lipinski definition) is 4. The van der Waals surface area contributed by atoms with Crippen LogP contribution in [0, 0.1) is 11.3 Å². The third-order valence-electron chi connectivity index (χ3n) is 5.02. The molecular weight excluding hydrogens is 419 g/mol. The SMILES string of the molecule is CC(C)(C#N)c1ccc2cn(-c3cc4cnn(CC(F)(F)C(F)(F)F)c4cn3)nc2c1. The van der Waals surface area contributed by atoms with Gasteiger partial charge >= 0.3 is 12.1 Å². The van der Waals surface area contributed by atoms with E-state index in [-0.39, 0.29) is 5.52 Å². The fourth-order valence-corrected chi connectivity index (χ4v) is 3.08. The van der Waals surface area contributed by atoms with Crippen molar-refractivity contribution in [3.8, 4) is 11.9 Å². The summed E-state index contributed by atoms with van der Waals surface area (Å²) in [5, 5.41) is 18.6. The van der Waals surface area contributed by atoms with Crippen molar-refractivity contribution in [3.05, 3.63) is 48.4 Å². The van der Waals surface area contributed by atoms with Gasteiger partial charge in [-0.25, -0.2) is 9.67 Å². The first-order valence-corrected chi connectivity index (χ1v) is 9.09. The third kappa shape index (κ3) is 3.58. The smallest absolute Gasteiger partial charge is 0.257 e. The maximum absolute atomic E-state index is 13.4. The molecule has 160 valence electrons. The van der Waals surface area contributed by atoms with Gasteiger partial charge in [0, 0.05) is 17.0 Å². The molecule has 4 aromatic rings. The van der Waals surface area contributed by atoms with E-state index >= 15 is 0 Å². The minimum atomic E-state index is -5.67. The Hall–Kier alpha value is -3.55. The molecule has 0 saturated heterocycles. The minimum Gasteiger partial charge on any atom is -0.257 e. The molecule has 3 heterocycles. The van der Waals surface area contributed by atoms with Crippen LogP contribution in [0.15, 0.2) is 42.9 Å². The largest absolute Gasteiger partial charge is 0.455 e. The number of fused-ring (bicyclic) bond motifs is 2. The van der Waals surface area contributed by atoms with Crippen LogP contribution < -0.4 is 0 Å². The highest BCUT2D eigenvalue weighted by Gasteiger charge is 2.57. The van der Waals surface area contributed by atoms with Crippen molar-refractivity contribution in [2.75, 3.05) is 0 Å². The van der Waals surface area contributed by atoms with Crippen molar-refractivity contribution >= 4 is 21.8 Å². The monoisotopic (exact) mass is 434 g/mol. The maximum Gasteiger partial charge on any atom is 0.455 e. The molecule has 11 heteroatoms. The van der Waals surface area contributed by atoms with Crippen LogP contribution in [0.2, 0.25) is 0 Å². The Labute approximate surface area is 172 Å². The van der Waals surface area contributed by atoms with Gasteiger partial charge in [-0.15, -0.1) is 0 Å². The number of nitrogens with zero attached hydrogens (tertiary/aromatic N) is 6. The molecule has 0 amide bonds. The first-order valence-electron chi connectivity index (χ1n) is 9.09. The molecule has 0 saturated carbocycles. The van der Waals surface area contributed by atoms with E-state index in [2.05, 4.69) is 21.3 Å². The van der Waals surface area contributed by atoms with E-state index in [1.54, 1.807) is 26.1 Å². The van der Waals surface area contributed by atoms with E-state index in [9.17, 15) is 27.2 Å². The molecular formula is C20H15F5N6. The highest BCUT2D eigenvalue weighted by molar-refractivity contribution is 5.81. The molecule has 0 atom stereocenters. The second kappa shape index (κ2) is 6.73. The van der Waals surface area contributed by atoms with Gasteiger partial charge in [0.2, 0.25) is 0 Å². The van der Waals surface area contributed by atoms with Crippen LogP contribution in [0.4, 0.5) is 22.0 Å². The van der Waals surface area contributed by atoms with Gasteiger partial charge in [-0.05, 0) is 31.5 Å². The lowest BCUT2D eigenvalue weighted by Gasteiger charge is -2.19. The van der Waals surface area contributed by atoms with Crippen LogP contribution >= 0.6 is 0 Å². The Balaban J connectivity index is 1.70. The molecule has 0 unspecified atom stereocenters. The summed E-state index contributed by atoms with van der Waals surface area (Å²) in [5.41, 5.74) is 0.774. The van der Waals surface area contributed by atoms with E-state index in [0.717, 1.165) is 10.9 Å². The summed E-state index contributed by atoms with van der Waals surface area (Å²) in [7, 11) is 0. The molecule has 0 aliphatic carbocycles. The van der Waals surface area contributed by atoms with Gasteiger partial charge in [-0.3, -0.25) is 4.68 Å². The maximum atomic E-state index is 13.4. The zero-order chi connectivity index (χ0) is 22.6. The zero-order valence-corrected chi connectivity index (χ0v) is 16.3. The van der Waals surface area contributed by atoms with Crippen LogP contribution in [0.1, 0.15) is 19.4 Å². The van der Waals surface area contributed by atoms with Gasteiger partial charge < -0.3 is 0 Å². The molecule has 3 aromatic heterocycles. The molecule has 0 aliphatic heterocycles. The Kier molecular flexibility index (Phi) is 4.50. The van der Waals surface area contributed by atoms with Gasteiger partial charge in [-0.1, -0.05) is 12.1 Å². The molecule has 4 rings (SSSR count). The number of pyridine rings is 1. The molecule has 6 nitrogen and oxygen atoms in total. The number of aromatic nitrogens is 5. The van der Waals surface area contributed by atoms with Crippen LogP contribution in [-0.2, 0) is 12.0 Å². The molecule has 0 fully saturated rings. The molecule has 0 bridgehead atoms. The fourth-order valence-electron chi connectivity index (χ4n) is 3.08. The van der Waals surface area contributed by atoms with Crippen molar-refractivity contribution < 1.29 is 22.0 Å². The number of hydrogen-bond donors (Lipinski definition) is 0. The van der Waals surface area contributed by atoms with E-state index in [0.29, 0.717) is 21.4 Å². The van der Waals surface area contributed by atoms with E-state index in [1.165, 1.54) is 23.1 Å². The summed E-state index contributed by atoms with van der Waals surface area (Å²) in [5.74, 6) is -4.58. The molecule has 1 aromatic carbocycles. The van der Waals surface area contributed by atoms with Crippen molar-refractivity contribution in [1.82, 2.24) is 24.5 Å². The average Bonchev–Trinajstić information content (AvgIpc) is 3.30. The van der Waals surface area contributed by atoms with E-state index < -0.39 is 24.1 Å². The van der Waals surface area contributed by atoms with Crippen molar-refractivity contribution in [3.63, 3.8) is 0 Å². The zero-order valence-electron chi connectivity index (χ0n) is 16.3. The lowest BCUT2D eigenvalue weighted by Crippen LogP contribution is -2.40. The standard InChI is InChI=1S/C20H15F5N6/c1-18(2,10-26)14-4-3-12-9-30(29-15(12)6-14)17-5-13-7-28-31(16(13)8-27-17)11-19(21,22)20(23,24)25/h3-9H,11H2,1-2H3. The lowest BCUT2D eigenvalue weighted by atomic mass is 9.86. The average molecular weight is 434 g/mol. The molecule has 0 aliphatic rings. The van der Waals surface area contributed by atoms with Crippen LogP contribution in [-0.4, -0.2) is 36.6 Å². The number of halogens is 5. The predicted molar refractivity (Wildman–Crippen MR) is 102 cm³/mol. The van der Waals surface area contributed by atoms with E-state index in [1.807, 2.05) is 12.1 Å². The number of nitriles is 1.